The van der Waals surface area contributed by atoms with Crippen molar-refractivity contribution in [3.63, 3.8) is 0 Å². The Hall–Kier alpha value is -6.30. The molecule has 0 spiro atoms. The molecule has 78 heavy (non-hydrogen) atoms. The van der Waals surface area contributed by atoms with Crippen molar-refractivity contribution in [2.24, 2.45) is 0 Å². The maximum atomic E-state index is 14.0. The lowest BCUT2D eigenvalue weighted by molar-refractivity contribution is 0.102. The topological polar surface area (TPSA) is 166 Å². The van der Waals surface area contributed by atoms with Crippen molar-refractivity contribution < 1.29 is 28.6 Å². The maximum Gasteiger partial charge on any atom is 0.255 e. The van der Waals surface area contributed by atoms with E-state index in [9.17, 15) is 28.8 Å². The predicted molar refractivity (Wildman–Crippen MR) is 320 cm³/mol. The van der Waals surface area contributed by atoms with Crippen LogP contribution in [-0.4, -0.2) is 37.5 Å². The van der Waals surface area contributed by atoms with E-state index < -0.39 is 34.0 Å². The van der Waals surface area contributed by atoms with Gasteiger partial charge in [-0.1, -0.05) is 212 Å². The Morgan fingerprint density at radius 2 is 0.526 bits per heavy atom. The van der Waals surface area contributed by atoms with Gasteiger partial charge in [0, 0.05) is 34.9 Å². The molecule has 0 saturated carbocycles. The zero-order valence-electron chi connectivity index (χ0n) is 47.7. The molecule has 426 valence electrons. The number of nitrogens with one attached hydrogen (secondary N) is 3. The summed E-state index contributed by atoms with van der Waals surface area (Å²) in [5.41, 5.74) is -2.06. The molecule has 0 aliphatic heterocycles. The molecule has 0 fully saturated rings. The van der Waals surface area contributed by atoms with E-state index in [1.807, 2.05) is 0 Å². The summed E-state index contributed by atoms with van der Waals surface area (Å²) in [7, 11) is 0. The smallest absolute Gasteiger partial charge is 0.255 e. The highest BCUT2D eigenvalue weighted by molar-refractivity contribution is 6.12. The number of anilines is 3. The number of ether oxygens (including phenoxy) is 3. The molecule has 0 aliphatic rings. The number of amides is 3. The van der Waals surface area contributed by atoms with Crippen LogP contribution in [0.25, 0.3) is 0 Å². The molecule has 3 N–H and O–H groups in total. The van der Waals surface area contributed by atoms with Gasteiger partial charge >= 0.3 is 0 Å². The first kappa shape index (κ1) is 64.2. The molecule has 3 amide bonds. The van der Waals surface area contributed by atoms with Gasteiger partial charge in [0.2, 0.25) is 16.3 Å². The third-order valence-electron chi connectivity index (χ3n) is 14.0. The van der Waals surface area contributed by atoms with Crippen molar-refractivity contribution in [2.75, 3.05) is 35.8 Å². The molecule has 0 radical (unpaired) electrons. The van der Waals surface area contributed by atoms with Gasteiger partial charge in [-0.2, -0.15) is 0 Å². The second-order valence-electron chi connectivity index (χ2n) is 20.8. The Morgan fingerprint density at radius 3 is 0.756 bits per heavy atom. The first-order valence-electron chi connectivity index (χ1n) is 30.0. The summed E-state index contributed by atoms with van der Waals surface area (Å²) < 4.78 is 17.8. The van der Waals surface area contributed by atoms with Gasteiger partial charge in [0.25, 0.3) is 17.7 Å². The van der Waals surface area contributed by atoms with Crippen LogP contribution in [0.4, 0.5) is 17.1 Å². The third kappa shape index (κ3) is 26.8. The van der Waals surface area contributed by atoms with E-state index in [0.29, 0.717) is 37.1 Å². The molecule has 12 nitrogen and oxygen atoms in total. The quantitative estimate of drug-likeness (QED) is 0.0366. The average molecular weight is 1070 g/mol. The summed E-state index contributed by atoms with van der Waals surface area (Å²) in [5, 5.41) is 7.92. The van der Waals surface area contributed by atoms with Gasteiger partial charge in [-0.05, 0) is 73.9 Å². The van der Waals surface area contributed by atoms with E-state index >= 15 is 0 Å². The number of carbonyl (C=O) groups is 3. The van der Waals surface area contributed by atoms with Crippen molar-refractivity contribution in [1.82, 2.24) is 0 Å². The van der Waals surface area contributed by atoms with Gasteiger partial charge < -0.3 is 30.2 Å². The Labute approximate surface area is 466 Å². The van der Waals surface area contributed by atoms with Crippen LogP contribution >= 0.6 is 0 Å². The molecule has 0 bridgehead atoms. The minimum Gasteiger partial charge on any atom is -0.493 e. The zero-order chi connectivity index (χ0) is 55.8. The number of carbonyl (C=O) groups excluding carboxylic acids is 3. The third-order valence-corrected chi connectivity index (χ3v) is 14.0. The lowest BCUT2D eigenvalue weighted by Gasteiger charge is -2.11. The van der Waals surface area contributed by atoms with Crippen LogP contribution in [0.15, 0.2) is 105 Å². The first-order chi connectivity index (χ1) is 38.1. The minimum atomic E-state index is -0.783. The highest BCUT2D eigenvalue weighted by Gasteiger charge is 2.19. The Bertz CT molecular complexity index is 2280. The Kier molecular flexibility index (Phi) is 32.9. The van der Waals surface area contributed by atoms with Gasteiger partial charge in [-0.25, -0.2) is 0 Å². The predicted octanol–water partition coefficient (Wildman–Crippen LogP) is 16.4. The highest BCUT2D eigenvalue weighted by Crippen LogP contribution is 2.20. The van der Waals surface area contributed by atoms with Crippen molar-refractivity contribution in [1.29, 1.82) is 0 Å². The Balaban J connectivity index is 1.45. The van der Waals surface area contributed by atoms with E-state index in [1.54, 1.807) is 36.4 Å². The van der Waals surface area contributed by atoms with Crippen LogP contribution in [-0.2, 0) is 0 Å². The molecule has 0 saturated heterocycles. The lowest BCUT2D eigenvalue weighted by Crippen LogP contribution is -2.22. The fraction of sp³-hybridized carbons (Fsp3) is 0.545. The van der Waals surface area contributed by atoms with Gasteiger partial charge in [0.15, 0.2) is 0 Å². The summed E-state index contributed by atoms with van der Waals surface area (Å²) in [5.74, 6) is -1.24. The summed E-state index contributed by atoms with van der Waals surface area (Å²) in [6.45, 7) is 8.04. The number of hydrogen-bond acceptors (Lipinski definition) is 9. The first-order valence-corrected chi connectivity index (χ1v) is 30.0. The molecule has 0 unspecified atom stereocenters. The van der Waals surface area contributed by atoms with Crippen molar-refractivity contribution in [3.8, 4) is 17.2 Å². The van der Waals surface area contributed by atoms with E-state index in [4.69, 9.17) is 14.2 Å². The fourth-order valence-electron chi connectivity index (χ4n) is 9.25. The molecular weight excluding hydrogens is 979 g/mol. The van der Waals surface area contributed by atoms with Crippen LogP contribution in [0.3, 0.4) is 0 Å². The molecule has 0 aliphatic carbocycles. The highest BCUT2D eigenvalue weighted by atomic mass is 16.5. The molecule has 4 rings (SSSR count). The second-order valence-corrected chi connectivity index (χ2v) is 20.8. The van der Waals surface area contributed by atoms with E-state index in [0.717, 1.165) is 57.8 Å². The molecule has 4 aromatic carbocycles. The minimum absolute atomic E-state index is 0.0485. The largest absolute Gasteiger partial charge is 0.493 e. The Morgan fingerprint density at radius 1 is 0.308 bits per heavy atom. The fourth-order valence-corrected chi connectivity index (χ4v) is 9.25. The normalized spacial score (nSPS) is 11.0. The number of benzene rings is 1. The molecule has 12 heteroatoms. The van der Waals surface area contributed by atoms with E-state index in [1.165, 1.54) is 189 Å². The van der Waals surface area contributed by atoms with E-state index in [2.05, 4.69) is 36.7 Å². The van der Waals surface area contributed by atoms with Crippen molar-refractivity contribution in [2.45, 2.75) is 213 Å². The summed E-state index contributed by atoms with van der Waals surface area (Å²) in [6.07, 6.45) is 35.7. The standard InChI is InChI=1S/C66H93N3O9/c1-4-7-10-13-16-19-22-25-28-31-43-76-55-37-34-40-58(61(70)49-55)67-64(73)52-46-53(65(74)68-59-41-35-38-56(50-62(59)71)77-44-32-29-26-23-20-17-14-11-8-5-2)48-54(47-52)66(75)69-60-42-36-39-57(51-63(60)72)78-45-33-30-27-24-21-18-15-12-9-6-3/h34-42,46-51H,4-33,43-45H2,1-3H3,(H,67,70,73)(H,68,71,74)(H,69,72,75). The molecule has 0 atom stereocenters. The number of hydrogen-bond donors (Lipinski definition) is 3. The molecule has 4 aromatic rings. The second kappa shape index (κ2) is 40.0. The van der Waals surface area contributed by atoms with Gasteiger partial charge in [0.1, 0.15) is 17.2 Å². The average Bonchev–Trinajstić information content (AvgIpc) is 3.82. The summed E-state index contributed by atoms with van der Waals surface area (Å²) in [4.78, 5) is 82.4. The van der Waals surface area contributed by atoms with Gasteiger partial charge in [0.05, 0.1) is 36.9 Å². The summed E-state index contributed by atoms with van der Waals surface area (Å²) >= 11 is 0. The SMILES string of the molecule is CCCCCCCCCCCCOc1cccc(NC(=O)c2cc(C(=O)Nc3cccc(OCCCCCCCCCCCC)cc3=O)cc(C(=O)Nc3cccc(OCCCCCCCCCCCC)cc3=O)c2)c(=O)c1. The summed E-state index contributed by atoms with van der Waals surface area (Å²) in [6, 6.07) is 21.9. The zero-order valence-corrected chi connectivity index (χ0v) is 47.7. The number of rotatable bonds is 42. The van der Waals surface area contributed by atoms with Crippen molar-refractivity contribution >= 4 is 34.8 Å². The van der Waals surface area contributed by atoms with Crippen LogP contribution in [0.2, 0.25) is 0 Å². The maximum absolute atomic E-state index is 14.0. The van der Waals surface area contributed by atoms with Crippen LogP contribution < -0.4 is 46.4 Å². The number of unbranched alkanes of at least 4 members (excludes halogenated alkanes) is 27. The monoisotopic (exact) mass is 1070 g/mol. The van der Waals surface area contributed by atoms with Crippen molar-refractivity contribution in [3.05, 3.63) is 138 Å². The van der Waals surface area contributed by atoms with Gasteiger partial charge in [-0.15, -0.1) is 0 Å². The van der Waals surface area contributed by atoms with Gasteiger partial charge in [-0.3, -0.25) is 28.8 Å². The lowest BCUT2D eigenvalue weighted by atomic mass is 10.0. The van der Waals surface area contributed by atoms with Crippen LogP contribution in [0.1, 0.15) is 244 Å². The van der Waals surface area contributed by atoms with Crippen LogP contribution in [0.5, 0.6) is 17.2 Å². The molecular formula is C66H93N3O9. The van der Waals surface area contributed by atoms with Crippen LogP contribution in [0, 0.1) is 0 Å². The molecule has 0 aromatic heterocycles. The molecule has 0 heterocycles. The van der Waals surface area contributed by atoms with E-state index in [-0.39, 0.29) is 33.8 Å².